The third-order valence-electron chi connectivity index (χ3n) is 2.98. The first kappa shape index (κ1) is 11.5. The minimum atomic E-state index is -0.126. The maximum atomic E-state index is 12.1. The van der Waals surface area contributed by atoms with Crippen molar-refractivity contribution in [2.75, 3.05) is 5.32 Å². The highest BCUT2D eigenvalue weighted by Crippen LogP contribution is 2.21. The fourth-order valence-electron chi connectivity index (χ4n) is 2.04. The summed E-state index contributed by atoms with van der Waals surface area (Å²) in [7, 11) is 1.89. The van der Waals surface area contributed by atoms with E-state index < -0.39 is 0 Å². The van der Waals surface area contributed by atoms with Gasteiger partial charge in [-0.1, -0.05) is 18.2 Å². The molecule has 94 valence electrons. The van der Waals surface area contributed by atoms with E-state index in [4.69, 9.17) is 0 Å². The zero-order valence-electron chi connectivity index (χ0n) is 10.5. The first-order valence-electron chi connectivity index (χ1n) is 6.01. The van der Waals surface area contributed by atoms with Gasteiger partial charge >= 0.3 is 0 Å². The molecule has 0 unspecified atom stereocenters. The normalized spacial score (nSPS) is 10.6. The Kier molecular flexibility index (Phi) is 2.76. The van der Waals surface area contributed by atoms with Crippen LogP contribution in [0.5, 0.6) is 0 Å². The summed E-state index contributed by atoms with van der Waals surface area (Å²) in [5.74, 6) is -0.126. The van der Waals surface area contributed by atoms with E-state index >= 15 is 0 Å². The minimum Gasteiger partial charge on any atom is -0.356 e. The van der Waals surface area contributed by atoms with Gasteiger partial charge in [0.1, 0.15) is 0 Å². The number of nitrogens with one attached hydrogen (secondary N) is 1. The van der Waals surface area contributed by atoms with Crippen LogP contribution in [-0.2, 0) is 7.05 Å². The van der Waals surface area contributed by atoms with Gasteiger partial charge in [-0.05, 0) is 18.2 Å². The number of aryl methyl sites for hydroxylation is 1. The number of pyridine rings is 1. The first-order chi connectivity index (χ1) is 9.24. The number of hydrogen-bond donors (Lipinski definition) is 1. The molecule has 0 saturated heterocycles. The Morgan fingerprint density at radius 1 is 1.21 bits per heavy atom. The maximum absolute atomic E-state index is 12.1. The van der Waals surface area contributed by atoms with E-state index in [1.165, 1.54) is 0 Å². The quantitative estimate of drug-likeness (QED) is 0.761. The van der Waals surface area contributed by atoms with E-state index in [0.29, 0.717) is 5.56 Å². The number of nitrogens with zero attached hydrogens (tertiary/aromatic N) is 2. The molecule has 0 saturated carbocycles. The molecule has 2 aromatic heterocycles. The molecule has 1 aromatic carbocycles. The highest BCUT2D eigenvalue weighted by atomic mass is 16.1. The minimum absolute atomic E-state index is 0.126. The number of aromatic nitrogens is 2. The standard InChI is InChI=1S/C15H13N3O/c1-18-9-7-12(10-18)15(19)17-13-6-2-4-11-5-3-8-16-14(11)13/h2-10H,1H3,(H,17,19). The molecule has 0 aliphatic carbocycles. The Morgan fingerprint density at radius 3 is 2.84 bits per heavy atom. The summed E-state index contributed by atoms with van der Waals surface area (Å²) in [5, 5.41) is 3.91. The molecular formula is C15H13N3O. The lowest BCUT2D eigenvalue weighted by atomic mass is 10.2. The molecule has 0 bridgehead atoms. The number of fused-ring (bicyclic) bond motifs is 1. The first-order valence-corrected chi connectivity index (χ1v) is 6.01. The van der Waals surface area contributed by atoms with Crippen molar-refractivity contribution in [1.82, 2.24) is 9.55 Å². The number of anilines is 1. The molecule has 0 aliphatic rings. The average molecular weight is 251 g/mol. The van der Waals surface area contributed by atoms with E-state index in [1.807, 2.05) is 48.1 Å². The Morgan fingerprint density at radius 2 is 2.05 bits per heavy atom. The van der Waals surface area contributed by atoms with E-state index in [-0.39, 0.29) is 5.91 Å². The Bertz CT molecular complexity index is 740. The van der Waals surface area contributed by atoms with Crippen molar-refractivity contribution in [3.8, 4) is 0 Å². The van der Waals surface area contributed by atoms with Gasteiger partial charge in [-0.25, -0.2) is 0 Å². The van der Waals surface area contributed by atoms with Crippen LogP contribution in [0.3, 0.4) is 0 Å². The molecular weight excluding hydrogens is 238 g/mol. The molecule has 3 aromatic rings. The van der Waals surface area contributed by atoms with Crippen molar-refractivity contribution < 1.29 is 4.79 Å². The lowest BCUT2D eigenvalue weighted by Gasteiger charge is -2.06. The summed E-state index contributed by atoms with van der Waals surface area (Å²) in [6, 6.07) is 11.4. The van der Waals surface area contributed by atoms with Gasteiger partial charge in [0.25, 0.3) is 5.91 Å². The van der Waals surface area contributed by atoms with Crippen molar-refractivity contribution >= 4 is 22.5 Å². The summed E-state index contributed by atoms with van der Waals surface area (Å²) < 4.78 is 1.84. The smallest absolute Gasteiger partial charge is 0.257 e. The monoisotopic (exact) mass is 251 g/mol. The summed E-state index contributed by atoms with van der Waals surface area (Å²) >= 11 is 0. The van der Waals surface area contributed by atoms with Crippen molar-refractivity contribution in [3.05, 3.63) is 60.6 Å². The van der Waals surface area contributed by atoms with Crippen molar-refractivity contribution in [1.29, 1.82) is 0 Å². The van der Waals surface area contributed by atoms with Crippen molar-refractivity contribution in [2.45, 2.75) is 0 Å². The number of rotatable bonds is 2. The fraction of sp³-hybridized carbons (Fsp3) is 0.0667. The van der Waals surface area contributed by atoms with Gasteiger partial charge in [0.2, 0.25) is 0 Å². The van der Waals surface area contributed by atoms with E-state index in [0.717, 1.165) is 16.6 Å². The number of carbonyl (C=O) groups excluding carboxylic acids is 1. The Balaban J connectivity index is 1.95. The lowest BCUT2D eigenvalue weighted by molar-refractivity contribution is 0.102. The topological polar surface area (TPSA) is 46.9 Å². The molecule has 0 spiro atoms. The number of carbonyl (C=O) groups is 1. The molecule has 2 heterocycles. The highest BCUT2D eigenvalue weighted by Gasteiger charge is 2.09. The summed E-state index contributed by atoms with van der Waals surface area (Å²) in [5.41, 5.74) is 2.16. The van der Waals surface area contributed by atoms with E-state index in [1.54, 1.807) is 18.5 Å². The highest BCUT2D eigenvalue weighted by molar-refractivity contribution is 6.08. The van der Waals surface area contributed by atoms with Gasteiger partial charge in [0.15, 0.2) is 0 Å². The summed E-state index contributed by atoms with van der Waals surface area (Å²) in [6.07, 6.45) is 5.35. The second kappa shape index (κ2) is 4.57. The van der Waals surface area contributed by atoms with Crippen LogP contribution < -0.4 is 5.32 Å². The SMILES string of the molecule is Cn1ccc(C(=O)Nc2cccc3cccnc23)c1. The van der Waals surface area contributed by atoms with Gasteiger partial charge in [0, 0.05) is 31.0 Å². The number of para-hydroxylation sites is 1. The van der Waals surface area contributed by atoms with Crippen LogP contribution in [0.25, 0.3) is 10.9 Å². The Labute approximate surface area is 110 Å². The van der Waals surface area contributed by atoms with Crippen LogP contribution in [0.2, 0.25) is 0 Å². The molecule has 0 fully saturated rings. The third kappa shape index (κ3) is 2.20. The van der Waals surface area contributed by atoms with Gasteiger partial charge in [-0.15, -0.1) is 0 Å². The van der Waals surface area contributed by atoms with E-state index in [9.17, 15) is 4.79 Å². The molecule has 4 heteroatoms. The molecule has 1 N–H and O–H groups in total. The predicted octanol–water partition coefficient (Wildman–Crippen LogP) is 2.83. The van der Waals surface area contributed by atoms with Crippen molar-refractivity contribution in [3.63, 3.8) is 0 Å². The molecule has 4 nitrogen and oxygen atoms in total. The average Bonchev–Trinajstić information content (AvgIpc) is 2.86. The van der Waals surface area contributed by atoms with Crippen LogP contribution in [0.15, 0.2) is 55.0 Å². The van der Waals surface area contributed by atoms with Crippen LogP contribution in [-0.4, -0.2) is 15.5 Å². The molecule has 0 atom stereocenters. The molecule has 19 heavy (non-hydrogen) atoms. The van der Waals surface area contributed by atoms with Crippen LogP contribution in [0.4, 0.5) is 5.69 Å². The zero-order valence-corrected chi connectivity index (χ0v) is 10.5. The molecule has 1 amide bonds. The third-order valence-corrected chi connectivity index (χ3v) is 2.98. The van der Waals surface area contributed by atoms with E-state index in [2.05, 4.69) is 10.3 Å². The fourth-order valence-corrected chi connectivity index (χ4v) is 2.04. The van der Waals surface area contributed by atoms with Crippen LogP contribution >= 0.6 is 0 Å². The van der Waals surface area contributed by atoms with Gasteiger partial charge in [0.05, 0.1) is 16.8 Å². The second-order valence-corrected chi connectivity index (χ2v) is 4.40. The molecule has 3 rings (SSSR count). The van der Waals surface area contributed by atoms with Gasteiger partial charge in [-0.2, -0.15) is 0 Å². The van der Waals surface area contributed by atoms with Gasteiger partial charge in [-0.3, -0.25) is 9.78 Å². The summed E-state index contributed by atoms with van der Waals surface area (Å²) in [6.45, 7) is 0. The largest absolute Gasteiger partial charge is 0.356 e. The number of hydrogen-bond acceptors (Lipinski definition) is 2. The predicted molar refractivity (Wildman–Crippen MR) is 75.1 cm³/mol. The number of amides is 1. The lowest BCUT2D eigenvalue weighted by Crippen LogP contribution is -2.11. The zero-order chi connectivity index (χ0) is 13.2. The van der Waals surface area contributed by atoms with Crippen LogP contribution in [0, 0.1) is 0 Å². The molecule has 0 aliphatic heterocycles. The maximum Gasteiger partial charge on any atom is 0.257 e. The second-order valence-electron chi connectivity index (χ2n) is 4.40. The van der Waals surface area contributed by atoms with Gasteiger partial charge < -0.3 is 9.88 Å². The Hall–Kier alpha value is -2.62. The van der Waals surface area contributed by atoms with Crippen LogP contribution in [0.1, 0.15) is 10.4 Å². The summed E-state index contributed by atoms with van der Waals surface area (Å²) in [4.78, 5) is 16.4. The number of benzene rings is 1. The van der Waals surface area contributed by atoms with Crippen molar-refractivity contribution in [2.24, 2.45) is 7.05 Å². The molecule has 0 radical (unpaired) electrons.